The summed E-state index contributed by atoms with van der Waals surface area (Å²) in [7, 11) is -5.28. The Bertz CT molecular complexity index is 3260. The number of carbonyl (C=O) groups is 8. The number of phosphoric acid groups is 1. The second-order valence-electron chi connectivity index (χ2n) is 28.8. The van der Waals surface area contributed by atoms with Crippen molar-refractivity contribution in [2.45, 2.75) is 221 Å². The largest absolute Gasteiger partial charge is 3.00 e. The number of aliphatic imine (C=N–C) groups is 3. The van der Waals surface area contributed by atoms with Gasteiger partial charge in [-0.15, -0.1) is 6.04 Å². The summed E-state index contributed by atoms with van der Waals surface area (Å²) < 4.78 is 30.6. The number of nitrogens with zero attached hydrogens (tertiary/aromatic N) is 6. The standard InChI is InChI=1S/C62H97N13O14P.C2H4O2.Co/c1-29-20-39-40(21-30(29)2)75(28-70-39)57-52(84)53(41(27-76)87-57)89-90(85,86)88-31(3)26-69-49(83)18-19-59(8)37(22-46(66)80)56-62(11)61(10,25-48(68)82)36(14-17-45(65)79)51(74-62)33(5)55-60(9,24-47(67)81)34(12-15-43(63)77)38(71-55)23-42-58(6,7)35(13-16-44(64)78)50(72-42)32(4)54(59)73-56;1-2(3)4;/h23,29-31,34-37,39-41,52-53,56-57,76,84H,12-22,24-28H2,1-11H3,(H15,63,64,65,66,67,68,69,71,72,73,74,77,78,79,80,81,82,83,85,86);1H3,(H,3,4);/q-1;;+3/p-3. The van der Waals surface area contributed by atoms with Gasteiger partial charge in [0.15, 0.2) is 0 Å². The number of amides is 7. The van der Waals surface area contributed by atoms with Gasteiger partial charge in [0.25, 0.3) is 7.82 Å². The van der Waals surface area contributed by atoms with Gasteiger partial charge >= 0.3 is 16.8 Å². The smallest absolute Gasteiger partial charge is 0.756 e. The Hall–Kier alpha value is -5.79. The molecule has 0 radical (unpaired) electrons. The van der Waals surface area contributed by atoms with Crippen LogP contribution in [0.3, 0.4) is 0 Å². The Labute approximate surface area is 565 Å². The zero-order valence-electron chi connectivity index (χ0n) is 56.5. The van der Waals surface area contributed by atoms with Crippen LogP contribution >= 0.6 is 7.82 Å². The van der Waals surface area contributed by atoms with Crippen molar-refractivity contribution in [2.24, 2.45) is 107 Å². The summed E-state index contributed by atoms with van der Waals surface area (Å²) in [4.78, 5) is 134. The second kappa shape index (κ2) is 30.1. The first-order valence-corrected chi connectivity index (χ1v) is 33.8. The Morgan fingerprint density at radius 2 is 1.38 bits per heavy atom. The fourth-order valence-electron chi connectivity index (χ4n) is 16.5. The molecule has 8 rings (SSSR count). The molecular formula is C64H98CoN13O16P-. The van der Waals surface area contributed by atoms with Crippen molar-refractivity contribution in [3.05, 3.63) is 44.9 Å². The number of ether oxygens (including phenoxy) is 1. The molecule has 1 aliphatic carbocycles. The minimum absolute atomic E-state index is 0. The van der Waals surface area contributed by atoms with Crippen molar-refractivity contribution in [1.29, 1.82) is 0 Å². The molecule has 19 atom stereocenters. The van der Waals surface area contributed by atoms with Crippen LogP contribution in [0.2, 0.25) is 0 Å². The number of hydrogen-bond acceptors (Lipinski definition) is 20. The number of phosphoric ester groups is 1. The molecule has 7 heterocycles. The number of primary amides is 6. The molecule has 3 saturated heterocycles. The summed E-state index contributed by atoms with van der Waals surface area (Å²) in [5.74, 6) is -7.58. The van der Waals surface area contributed by atoms with Crippen LogP contribution < -0.4 is 49.7 Å². The molecule has 29 nitrogen and oxygen atoms in total. The van der Waals surface area contributed by atoms with Crippen molar-refractivity contribution in [2.75, 3.05) is 19.8 Å². The van der Waals surface area contributed by atoms with Crippen molar-refractivity contribution in [1.82, 2.24) is 10.2 Å². The minimum Gasteiger partial charge on any atom is -0.756 e. The number of fused-ring (bicyclic) bond motifs is 7. The van der Waals surface area contributed by atoms with Gasteiger partial charge in [0.05, 0.1) is 23.9 Å². The third-order valence-corrected chi connectivity index (χ3v) is 23.0. The Balaban J connectivity index is 0.00000278. The summed E-state index contributed by atoms with van der Waals surface area (Å²) in [5, 5.41) is 43.9. The molecule has 8 aliphatic rings. The van der Waals surface area contributed by atoms with Crippen LogP contribution in [0.15, 0.2) is 49.3 Å². The number of carboxylic acid groups (broad SMARTS) is 1. The normalized spacial score (nSPS) is 37.5. The first kappa shape index (κ1) is 78.2. The first-order chi connectivity index (χ1) is 43.6. The topological polar surface area (TPSA) is 505 Å². The third kappa shape index (κ3) is 16.2. The maximum atomic E-state index is 14.4. The van der Waals surface area contributed by atoms with Gasteiger partial charge in [0.1, 0.15) is 24.5 Å². The molecule has 31 heteroatoms. The van der Waals surface area contributed by atoms with E-state index in [0.29, 0.717) is 57.2 Å². The Kier molecular flexibility index (Phi) is 24.8. The van der Waals surface area contributed by atoms with Crippen molar-refractivity contribution < 1.29 is 93.7 Å². The number of nitrogens with two attached hydrogens (primary N) is 6. The monoisotopic (exact) mass is 1390 g/mol. The van der Waals surface area contributed by atoms with Crippen molar-refractivity contribution >= 4 is 72.3 Å². The van der Waals surface area contributed by atoms with E-state index in [4.69, 9.17) is 83.7 Å². The van der Waals surface area contributed by atoms with Gasteiger partial charge in [-0.3, -0.25) is 58.0 Å². The molecule has 7 aliphatic heterocycles. The Morgan fingerprint density at radius 1 is 0.811 bits per heavy atom. The predicted octanol–water partition coefficient (Wildman–Crippen LogP) is 1.68. The third-order valence-electron chi connectivity index (χ3n) is 21.9. The van der Waals surface area contributed by atoms with Gasteiger partial charge in [-0.1, -0.05) is 67.6 Å². The van der Waals surface area contributed by atoms with Gasteiger partial charge in [0, 0.05) is 114 Å². The number of nitrogens with one attached hydrogen (secondary N) is 1. The van der Waals surface area contributed by atoms with Crippen molar-refractivity contribution in [3.8, 4) is 0 Å². The van der Waals surface area contributed by atoms with Crippen LogP contribution in [0.4, 0.5) is 0 Å². The van der Waals surface area contributed by atoms with Crippen LogP contribution in [0.5, 0.6) is 0 Å². The average Bonchev–Trinajstić information content (AvgIpc) is 1.53. The fraction of sp³-hybridized carbons (Fsp3) is 0.734. The van der Waals surface area contributed by atoms with Crippen LogP contribution in [0, 0.1) is 57.2 Å². The zero-order valence-corrected chi connectivity index (χ0v) is 58.4. The fourth-order valence-corrected chi connectivity index (χ4v) is 17.7. The van der Waals surface area contributed by atoms with E-state index in [1.807, 2.05) is 59.4 Å². The number of carboxylic acids is 1. The molecular weight excluding hydrogens is 1300 g/mol. The molecule has 0 aromatic rings. The summed E-state index contributed by atoms with van der Waals surface area (Å²) >= 11 is 0. The van der Waals surface area contributed by atoms with E-state index >= 15 is 0 Å². The van der Waals surface area contributed by atoms with Crippen LogP contribution in [-0.2, 0) is 73.5 Å². The average molecular weight is 1400 g/mol. The van der Waals surface area contributed by atoms with E-state index in [9.17, 15) is 53.2 Å². The maximum Gasteiger partial charge on any atom is 3.00 e. The van der Waals surface area contributed by atoms with E-state index in [1.165, 1.54) is 6.92 Å². The van der Waals surface area contributed by atoms with Crippen LogP contribution in [-0.4, -0.2) is 154 Å². The molecule has 1 saturated carbocycles. The first-order valence-electron chi connectivity index (χ1n) is 32.4. The molecule has 19 unspecified atom stereocenters. The molecule has 15 N–H and O–H groups in total. The quantitative estimate of drug-likeness (QED) is 0.0556. The molecule has 7 amide bonds. The number of hydrogen-bond donors (Lipinski definition) is 9. The molecule has 95 heavy (non-hydrogen) atoms. The number of carbonyl (C=O) groups excluding carboxylic acids is 8. The summed E-state index contributed by atoms with van der Waals surface area (Å²) in [6.07, 6.45) is -3.99. The maximum absolute atomic E-state index is 14.4. The zero-order chi connectivity index (χ0) is 70.3. The molecule has 530 valence electrons. The number of allylic oxidation sites excluding steroid dienone is 6. The van der Waals surface area contributed by atoms with Crippen LogP contribution in [0.1, 0.15) is 167 Å². The van der Waals surface area contributed by atoms with Gasteiger partial charge < -0.3 is 89.1 Å². The van der Waals surface area contributed by atoms with E-state index in [2.05, 4.69) is 19.2 Å². The van der Waals surface area contributed by atoms with E-state index in [-0.39, 0.29) is 113 Å². The Morgan fingerprint density at radius 3 is 1.94 bits per heavy atom. The van der Waals surface area contributed by atoms with Crippen molar-refractivity contribution in [3.63, 3.8) is 0 Å². The number of rotatable bonds is 26. The minimum atomic E-state index is -5.28. The van der Waals surface area contributed by atoms with Gasteiger partial charge in [-0.2, -0.15) is 5.70 Å². The molecule has 0 aromatic carbocycles. The van der Waals surface area contributed by atoms with Gasteiger partial charge in [-0.25, -0.2) is 0 Å². The van der Waals surface area contributed by atoms with E-state index < -0.39 is 149 Å². The molecule has 8 bridgehead atoms. The number of aliphatic carboxylic acids is 1. The molecule has 4 fully saturated rings. The van der Waals surface area contributed by atoms with E-state index in [0.717, 1.165) is 19.8 Å². The summed E-state index contributed by atoms with van der Waals surface area (Å²) in [6.45, 7) is 20.9. The SMILES string of the molecule is C/C1=C2N=C(/C=C3N=C(/C(C)=C4\[N-]C(C(CC(N)=O)C4(C)CCC(=O)NCC(C)OP(=O)([O-])OC4C(CO)OC(N5C[N-]C6CC(C)C(C)CC65)C4O)C4(C)N=C1C(CCC(N)=O)C4(C)CC(N)=O)C(CCC(N)=O)C\3(C)C)C(CCC(N)=O)C/2(C)CC(N)=O.CC(=O)[O-].[Co+3]. The van der Waals surface area contributed by atoms with Gasteiger partial charge in [0.2, 0.25) is 41.4 Å². The number of aliphatic hydroxyl groups is 2. The second-order valence-corrected chi connectivity index (χ2v) is 30.1. The molecule has 0 spiro atoms. The van der Waals surface area contributed by atoms with E-state index in [1.54, 1.807) is 6.92 Å². The van der Waals surface area contributed by atoms with Gasteiger partial charge in [-0.05, 0) is 113 Å². The van der Waals surface area contributed by atoms with Crippen LogP contribution in [0.25, 0.3) is 10.6 Å². The summed E-state index contributed by atoms with van der Waals surface area (Å²) in [5.41, 5.74) is 33.7. The predicted molar refractivity (Wildman–Crippen MR) is 343 cm³/mol. The molecule has 0 aromatic heterocycles. The summed E-state index contributed by atoms with van der Waals surface area (Å²) in [6, 6.07) is -1.07. The number of aliphatic hydroxyl groups excluding tert-OH is 2.